The van der Waals surface area contributed by atoms with Crippen LogP contribution in [0, 0.1) is 18.3 Å². The summed E-state index contributed by atoms with van der Waals surface area (Å²) >= 11 is 0. The number of benzene rings is 1. The molecule has 0 aromatic heterocycles. The number of rotatable bonds is 5. The first kappa shape index (κ1) is 13.7. The van der Waals surface area contributed by atoms with E-state index >= 15 is 0 Å². The molecule has 0 aliphatic rings. The van der Waals surface area contributed by atoms with E-state index in [-0.39, 0.29) is 23.2 Å². The highest BCUT2D eigenvalue weighted by Gasteiger charge is 2.17. The monoisotopic (exact) mass is 255 g/mol. The highest BCUT2D eigenvalue weighted by Crippen LogP contribution is 2.13. The summed E-state index contributed by atoms with van der Waals surface area (Å²) in [6.07, 6.45) is 0. The summed E-state index contributed by atoms with van der Waals surface area (Å²) in [6, 6.07) is 6.75. The van der Waals surface area contributed by atoms with Gasteiger partial charge in [-0.1, -0.05) is 25.1 Å². The zero-order valence-electron chi connectivity index (χ0n) is 9.90. The maximum atomic E-state index is 12.0. The molecule has 17 heavy (non-hydrogen) atoms. The van der Waals surface area contributed by atoms with Gasteiger partial charge >= 0.3 is 0 Å². The number of amidine groups is 1. The van der Waals surface area contributed by atoms with Crippen LogP contribution in [0.4, 0.5) is 0 Å². The SMILES string of the molecule is Cc1ccccc1S(=O)(=O)NCC(C)C(=N)N. The van der Waals surface area contributed by atoms with Gasteiger partial charge in [0.1, 0.15) is 0 Å². The smallest absolute Gasteiger partial charge is 0.240 e. The minimum Gasteiger partial charge on any atom is -0.387 e. The van der Waals surface area contributed by atoms with Crippen molar-refractivity contribution in [3.63, 3.8) is 0 Å². The van der Waals surface area contributed by atoms with E-state index < -0.39 is 10.0 Å². The van der Waals surface area contributed by atoms with Crippen molar-refractivity contribution < 1.29 is 8.42 Å². The maximum absolute atomic E-state index is 12.0. The Balaban J connectivity index is 2.84. The van der Waals surface area contributed by atoms with Crippen LogP contribution >= 0.6 is 0 Å². The molecule has 0 saturated carbocycles. The Morgan fingerprint density at radius 2 is 2.06 bits per heavy atom. The first-order valence-corrected chi connectivity index (χ1v) is 6.72. The van der Waals surface area contributed by atoms with E-state index in [1.54, 1.807) is 38.1 Å². The van der Waals surface area contributed by atoms with Crippen molar-refractivity contribution in [2.24, 2.45) is 11.7 Å². The van der Waals surface area contributed by atoms with Crippen molar-refractivity contribution in [1.82, 2.24) is 4.72 Å². The van der Waals surface area contributed by atoms with Crippen LogP contribution < -0.4 is 10.5 Å². The molecule has 0 radical (unpaired) electrons. The number of nitrogens with one attached hydrogen (secondary N) is 2. The molecule has 4 N–H and O–H groups in total. The van der Waals surface area contributed by atoms with Gasteiger partial charge in [0.25, 0.3) is 0 Å². The summed E-state index contributed by atoms with van der Waals surface area (Å²) in [4.78, 5) is 0.260. The minimum absolute atomic E-state index is 0.0301. The van der Waals surface area contributed by atoms with Gasteiger partial charge in [-0.3, -0.25) is 5.41 Å². The lowest BCUT2D eigenvalue weighted by molar-refractivity contribution is 0.573. The van der Waals surface area contributed by atoms with Crippen LogP contribution in [-0.2, 0) is 10.0 Å². The molecule has 0 bridgehead atoms. The molecule has 6 heteroatoms. The lowest BCUT2D eigenvalue weighted by atomic mass is 10.2. The molecule has 0 aliphatic heterocycles. The molecule has 0 fully saturated rings. The van der Waals surface area contributed by atoms with Crippen LogP contribution in [-0.4, -0.2) is 20.8 Å². The number of sulfonamides is 1. The molecule has 5 nitrogen and oxygen atoms in total. The van der Waals surface area contributed by atoms with E-state index in [1.165, 1.54) is 0 Å². The average molecular weight is 255 g/mol. The zero-order chi connectivity index (χ0) is 13.1. The minimum atomic E-state index is -3.52. The topological polar surface area (TPSA) is 96.0 Å². The molecule has 1 rings (SSSR count). The molecular formula is C11H17N3O2S. The van der Waals surface area contributed by atoms with Gasteiger partial charge in [-0.05, 0) is 18.6 Å². The second kappa shape index (κ2) is 5.29. The van der Waals surface area contributed by atoms with Crippen molar-refractivity contribution in [2.75, 3.05) is 6.54 Å². The standard InChI is InChI=1S/C11H17N3O2S/c1-8-5-3-4-6-10(8)17(15,16)14-7-9(2)11(12)13/h3-6,9,14H,7H2,1-2H3,(H3,12,13). The van der Waals surface area contributed by atoms with Crippen molar-refractivity contribution in [3.05, 3.63) is 29.8 Å². The van der Waals surface area contributed by atoms with Gasteiger partial charge in [0, 0.05) is 12.5 Å². The van der Waals surface area contributed by atoms with Crippen LogP contribution in [0.5, 0.6) is 0 Å². The lowest BCUT2D eigenvalue weighted by Gasteiger charge is -2.12. The molecular weight excluding hydrogens is 238 g/mol. The molecule has 0 aliphatic carbocycles. The third-order valence-electron chi connectivity index (χ3n) is 2.49. The van der Waals surface area contributed by atoms with Gasteiger partial charge in [0.15, 0.2) is 0 Å². The molecule has 1 unspecified atom stereocenters. The Hall–Kier alpha value is -1.40. The average Bonchev–Trinajstić information content (AvgIpc) is 2.26. The van der Waals surface area contributed by atoms with E-state index in [1.807, 2.05) is 0 Å². The Morgan fingerprint density at radius 3 is 2.59 bits per heavy atom. The quantitative estimate of drug-likeness (QED) is 0.537. The molecule has 0 amide bonds. The van der Waals surface area contributed by atoms with Crippen molar-refractivity contribution in [2.45, 2.75) is 18.7 Å². The maximum Gasteiger partial charge on any atom is 0.240 e. The summed E-state index contributed by atoms with van der Waals surface area (Å²) in [5, 5.41) is 7.20. The normalized spacial score (nSPS) is 13.3. The summed E-state index contributed by atoms with van der Waals surface area (Å²) in [5.41, 5.74) is 5.97. The molecule has 0 spiro atoms. The summed E-state index contributed by atoms with van der Waals surface area (Å²) in [6.45, 7) is 3.57. The van der Waals surface area contributed by atoms with Gasteiger partial charge in [-0.2, -0.15) is 0 Å². The van der Waals surface area contributed by atoms with E-state index in [0.717, 1.165) is 0 Å². The Labute approximate surface area is 102 Å². The Morgan fingerprint density at radius 1 is 1.47 bits per heavy atom. The third-order valence-corrected chi connectivity index (χ3v) is 4.08. The molecule has 1 atom stereocenters. The van der Waals surface area contributed by atoms with Crippen LogP contribution in [0.3, 0.4) is 0 Å². The van der Waals surface area contributed by atoms with Gasteiger partial charge in [-0.15, -0.1) is 0 Å². The van der Waals surface area contributed by atoms with Gasteiger partial charge in [0.2, 0.25) is 10.0 Å². The molecule has 0 saturated heterocycles. The summed E-state index contributed by atoms with van der Waals surface area (Å²) in [7, 11) is -3.52. The largest absolute Gasteiger partial charge is 0.387 e. The van der Waals surface area contributed by atoms with Crippen molar-refractivity contribution in [1.29, 1.82) is 5.41 Å². The van der Waals surface area contributed by atoms with Crippen LogP contribution in [0.2, 0.25) is 0 Å². The van der Waals surface area contributed by atoms with E-state index in [4.69, 9.17) is 11.1 Å². The number of aryl methyl sites for hydroxylation is 1. The second-order valence-corrected chi connectivity index (χ2v) is 5.71. The van der Waals surface area contributed by atoms with E-state index in [0.29, 0.717) is 5.56 Å². The van der Waals surface area contributed by atoms with E-state index in [9.17, 15) is 8.42 Å². The highest BCUT2D eigenvalue weighted by atomic mass is 32.2. The van der Waals surface area contributed by atoms with Gasteiger partial charge in [-0.25, -0.2) is 13.1 Å². The lowest BCUT2D eigenvalue weighted by Crippen LogP contribution is -2.34. The molecule has 1 aromatic rings. The van der Waals surface area contributed by atoms with Crippen molar-refractivity contribution >= 4 is 15.9 Å². The fraction of sp³-hybridized carbons (Fsp3) is 0.364. The fourth-order valence-electron chi connectivity index (χ4n) is 1.28. The zero-order valence-corrected chi connectivity index (χ0v) is 10.7. The first-order valence-electron chi connectivity index (χ1n) is 5.24. The van der Waals surface area contributed by atoms with Crippen LogP contribution in [0.25, 0.3) is 0 Å². The highest BCUT2D eigenvalue weighted by molar-refractivity contribution is 7.89. The molecule has 1 aromatic carbocycles. The van der Waals surface area contributed by atoms with Crippen LogP contribution in [0.15, 0.2) is 29.2 Å². The van der Waals surface area contributed by atoms with E-state index in [2.05, 4.69) is 4.72 Å². The predicted octanol–water partition coefficient (Wildman–Crippen LogP) is 0.845. The molecule has 0 heterocycles. The number of hydrogen-bond acceptors (Lipinski definition) is 3. The second-order valence-electron chi connectivity index (χ2n) is 3.97. The number of nitrogens with two attached hydrogens (primary N) is 1. The van der Waals surface area contributed by atoms with Crippen LogP contribution in [0.1, 0.15) is 12.5 Å². The molecule has 94 valence electrons. The first-order chi connectivity index (χ1) is 7.84. The van der Waals surface area contributed by atoms with Gasteiger partial charge < -0.3 is 5.73 Å². The van der Waals surface area contributed by atoms with Crippen molar-refractivity contribution in [3.8, 4) is 0 Å². The fourth-order valence-corrected chi connectivity index (χ4v) is 2.65. The summed E-state index contributed by atoms with van der Waals surface area (Å²) < 4.78 is 26.4. The summed E-state index contributed by atoms with van der Waals surface area (Å²) in [5.74, 6) is -0.341. The Bertz CT molecular complexity index is 511. The third kappa shape index (κ3) is 3.54. The Kier molecular flexibility index (Phi) is 4.25. The predicted molar refractivity (Wildman–Crippen MR) is 67.4 cm³/mol. The number of hydrogen-bond donors (Lipinski definition) is 3. The van der Waals surface area contributed by atoms with Gasteiger partial charge in [0.05, 0.1) is 10.7 Å².